The van der Waals surface area contributed by atoms with Crippen LogP contribution in [-0.2, 0) is 13.0 Å². The third-order valence-electron chi connectivity index (χ3n) is 4.66. The monoisotopic (exact) mass is 392 g/mol. The minimum Gasteiger partial charge on any atom is -0.333 e. The van der Waals surface area contributed by atoms with Crippen molar-refractivity contribution in [3.05, 3.63) is 88.5 Å². The number of hydrogen-bond donors (Lipinski definition) is 1. The molecular formula is C21H17ClN4O2. The third-order valence-corrected chi connectivity index (χ3v) is 4.99. The summed E-state index contributed by atoms with van der Waals surface area (Å²) in [6, 6.07) is 12.7. The molecule has 28 heavy (non-hydrogen) atoms. The number of nitrogens with one attached hydrogen (secondary N) is 1. The van der Waals surface area contributed by atoms with Crippen molar-refractivity contribution in [1.82, 2.24) is 14.9 Å². The fourth-order valence-corrected chi connectivity index (χ4v) is 3.45. The first kappa shape index (κ1) is 18.1. The highest BCUT2D eigenvalue weighted by Gasteiger charge is 2.23. The Hall–Kier alpha value is -3.25. The summed E-state index contributed by atoms with van der Waals surface area (Å²) in [5.74, 6) is -0.418. The number of rotatable bonds is 3. The van der Waals surface area contributed by atoms with E-state index >= 15 is 0 Å². The van der Waals surface area contributed by atoms with Gasteiger partial charge < -0.3 is 10.2 Å². The summed E-state index contributed by atoms with van der Waals surface area (Å²) in [5, 5.41) is 3.28. The van der Waals surface area contributed by atoms with Crippen LogP contribution >= 0.6 is 11.6 Å². The molecule has 0 saturated carbocycles. The minimum absolute atomic E-state index is 0.149. The Kier molecular flexibility index (Phi) is 5.04. The van der Waals surface area contributed by atoms with Gasteiger partial charge >= 0.3 is 0 Å². The van der Waals surface area contributed by atoms with Crippen molar-refractivity contribution in [1.29, 1.82) is 0 Å². The number of benzene rings is 2. The molecule has 1 N–H and O–H groups in total. The molecule has 7 heteroatoms. The maximum Gasteiger partial charge on any atom is 0.274 e. The summed E-state index contributed by atoms with van der Waals surface area (Å²) in [7, 11) is 0. The molecular weight excluding hydrogens is 376 g/mol. The largest absolute Gasteiger partial charge is 0.333 e. The Morgan fingerprint density at radius 2 is 1.93 bits per heavy atom. The summed E-state index contributed by atoms with van der Waals surface area (Å²) in [6.45, 7) is 1.08. The maximum atomic E-state index is 12.6. The number of fused-ring (bicyclic) bond motifs is 1. The second-order valence-corrected chi connectivity index (χ2v) is 6.89. The number of nitrogens with zero attached hydrogens (tertiary/aromatic N) is 3. The van der Waals surface area contributed by atoms with Crippen LogP contribution in [-0.4, -0.2) is 33.2 Å². The average Bonchev–Trinajstić information content (AvgIpc) is 2.73. The van der Waals surface area contributed by atoms with Gasteiger partial charge in [-0.2, -0.15) is 0 Å². The first-order valence-corrected chi connectivity index (χ1v) is 9.22. The molecule has 0 fully saturated rings. The van der Waals surface area contributed by atoms with E-state index in [-0.39, 0.29) is 11.8 Å². The van der Waals surface area contributed by atoms with Gasteiger partial charge in [-0.1, -0.05) is 29.8 Å². The Balaban J connectivity index is 1.52. The first-order chi connectivity index (χ1) is 13.6. The van der Waals surface area contributed by atoms with E-state index in [4.69, 9.17) is 11.6 Å². The molecule has 1 aromatic heterocycles. The summed E-state index contributed by atoms with van der Waals surface area (Å²) in [5.41, 5.74) is 3.58. The van der Waals surface area contributed by atoms with E-state index in [2.05, 4.69) is 15.3 Å². The van der Waals surface area contributed by atoms with E-state index < -0.39 is 0 Å². The third kappa shape index (κ3) is 3.73. The van der Waals surface area contributed by atoms with Gasteiger partial charge in [0.1, 0.15) is 5.69 Å². The summed E-state index contributed by atoms with van der Waals surface area (Å²) < 4.78 is 0. The fraction of sp³-hybridized carbons (Fsp3) is 0.143. The average molecular weight is 393 g/mol. The summed E-state index contributed by atoms with van der Waals surface area (Å²) in [4.78, 5) is 34.9. The van der Waals surface area contributed by atoms with Gasteiger partial charge in [0, 0.05) is 31.2 Å². The number of anilines is 1. The van der Waals surface area contributed by atoms with Crippen LogP contribution < -0.4 is 5.32 Å². The minimum atomic E-state index is -0.270. The van der Waals surface area contributed by atoms with Gasteiger partial charge in [0.25, 0.3) is 11.8 Å². The summed E-state index contributed by atoms with van der Waals surface area (Å²) >= 11 is 6.10. The van der Waals surface area contributed by atoms with E-state index in [9.17, 15) is 9.59 Å². The van der Waals surface area contributed by atoms with Gasteiger partial charge in [-0.25, -0.2) is 4.98 Å². The number of carbonyl (C=O) groups excluding carboxylic acids is 2. The quantitative estimate of drug-likeness (QED) is 0.739. The predicted molar refractivity (Wildman–Crippen MR) is 106 cm³/mol. The highest BCUT2D eigenvalue weighted by atomic mass is 35.5. The normalized spacial score (nSPS) is 13.0. The molecule has 0 unspecified atom stereocenters. The van der Waals surface area contributed by atoms with E-state index in [1.807, 2.05) is 18.2 Å². The molecule has 1 aliphatic heterocycles. The molecule has 0 bridgehead atoms. The highest BCUT2D eigenvalue weighted by Crippen LogP contribution is 2.24. The molecule has 1 aliphatic rings. The first-order valence-electron chi connectivity index (χ1n) is 8.85. The van der Waals surface area contributed by atoms with E-state index in [1.165, 1.54) is 24.2 Å². The van der Waals surface area contributed by atoms with Crippen molar-refractivity contribution in [2.45, 2.75) is 13.0 Å². The Morgan fingerprint density at radius 3 is 2.71 bits per heavy atom. The van der Waals surface area contributed by atoms with Crippen LogP contribution in [0.15, 0.2) is 61.1 Å². The number of amides is 2. The predicted octanol–water partition coefficient (Wildman–Crippen LogP) is 3.58. The molecule has 6 nitrogen and oxygen atoms in total. The van der Waals surface area contributed by atoms with E-state index in [0.717, 1.165) is 12.0 Å². The van der Waals surface area contributed by atoms with Crippen molar-refractivity contribution in [2.75, 3.05) is 11.9 Å². The lowest BCUT2D eigenvalue weighted by molar-refractivity contribution is 0.0728. The van der Waals surface area contributed by atoms with Crippen LogP contribution in [0.25, 0.3) is 0 Å². The van der Waals surface area contributed by atoms with Crippen LogP contribution in [0.4, 0.5) is 5.69 Å². The lowest BCUT2D eigenvalue weighted by atomic mass is 9.98. The smallest absolute Gasteiger partial charge is 0.274 e. The topological polar surface area (TPSA) is 75.2 Å². The molecule has 3 aromatic rings. The molecule has 0 aliphatic carbocycles. The number of hydrogen-bond acceptors (Lipinski definition) is 4. The molecule has 2 amide bonds. The molecule has 0 radical (unpaired) electrons. The van der Waals surface area contributed by atoms with Crippen LogP contribution in [0.1, 0.15) is 32.0 Å². The van der Waals surface area contributed by atoms with Crippen molar-refractivity contribution < 1.29 is 9.59 Å². The van der Waals surface area contributed by atoms with Crippen molar-refractivity contribution >= 4 is 29.1 Å². The van der Waals surface area contributed by atoms with Gasteiger partial charge in [-0.05, 0) is 41.8 Å². The highest BCUT2D eigenvalue weighted by molar-refractivity contribution is 6.34. The second kappa shape index (κ2) is 7.78. The Bertz CT molecular complexity index is 1040. The van der Waals surface area contributed by atoms with E-state index in [0.29, 0.717) is 35.1 Å². The van der Waals surface area contributed by atoms with Gasteiger partial charge in [0.2, 0.25) is 0 Å². The van der Waals surface area contributed by atoms with Crippen LogP contribution in [0, 0.1) is 0 Å². The Morgan fingerprint density at radius 1 is 1.07 bits per heavy atom. The lowest BCUT2D eigenvalue weighted by Crippen LogP contribution is -2.36. The molecule has 0 spiro atoms. The van der Waals surface area contributed by atoms with Gasteiger partial charge in [-0.3, -0.25) is 14.6 Å². The number of aromatic nitrogens is 2. The van der Waals surface area contributed by atoms with E-state index in [1.54, 1.807) is 29.2 Å². The van der Waals surface area contributed by atoms with Crippen molar-refractivity contribution in [2.24, 2.45) is 0 Å². The zero-order valence-corrected chi connectivity index (χ0v) is 15.7. The number of carbonyl (C=O) groups is 2. The molecule has 4 rings (SSSR count). The molecule has 2 aromatic carbocycles. The van der Waals surface area contributed by atoms with Gasteiger partial charge in [0.05, 0.1) is 16.8 Å². The molecule has 0 saturated heterocycles. The van der Waals surface area contributed by atoms with Crippen LogP contribution in [0.3, 0.4) is 0 Å². The molecule has 0 atom stereocenters. The van der Waals surface area contributed by atoms with Crippen LogP contribution in [0.5, 0.6) is 0 Å². The molecule has 2 heterocycles. The lowest BCUT2D eigenvalue weighted by Gasteiger charge is -2.29. The number of halogens is 1. The zero-order valence-electron chi connectivity index (χ0n) is 14.9. The fourth-order valence-electron chi connectivity index (χ4n) is 3.22. The van der Waals surface area contributed by atoms with Crippen molar-refractivity contribution in [3.63, 3.8) is 0 Å². The van der Waals surface area contributed by atoms with Gasteiger partial charge in [-0.15, -0.1) is 0 Å². The molecule has 140 valence electrons. The van der Waals surface area contributed by atoms with Crippen LogP contribution in [0.2, 0.25) is 5.02 Å². The standard InChI is InChI=1S/C21H17ClN4O2/c22-18-4-2-1-3-17(18)20(27)25-16-6-5-14-7-10-26(13-15(14)11-16)21(28)19-12-23-8-9-24-19/h1-6,8-9,11-12H,7,10,13H2,(H,25,27). The maximum absolute atomic E-state index is 12.6. The SMILES string of the molecule is O=C(Nc1ccc2c(c1)CN(C(=O)c1cnccn1)CC2)c1ccccc1Cl. The van der Waals surface area contributed by atoms with Crippen molar-refractivity contribution in [3.8, 4) is 0 Å². The zero-order chi connectivity index (χ0) is 19.5. The second-order valence-electron chi connectivity index (χ2n) is 6.48. The summed E-state index contributed by atoms with van der Waals surface area (Å²) in [6.07, 6.45) is 5.27. The van der Waals surface area contributed by atoms with Gasteiger partial charge in [0.15, 0.2) is 0 Å². The Labute approximate surface area is 167 Å².